The van der Waals surface area contributed by atoms with Crippen LogP contribution >= 0.6 is 0 Å². The summed E-state index contributed by atoms with van der Waals surface area (Å²) >= 11 is 0. The Balaban J connectivity index is 1.40. The standard InChI is InChI=1S/C27H27N3O4/c1-29(2)23(22-10-6-7-11-24(22)34-3)16-28-25(31)19-14-12-18(13-15-19)17-30-26(32)20-8-4-5-9-21(20)27(30)33/h4-15,23H,16-17H2,1-3H3,(H,28,31)/t23-/m0/s1. The lowest BCUT2D eigenvalue weighted by Gasteiger charge is -2.26. The minimum absolute atomic E-state index is 0.0619. The number of rotatable bonds is 8. The molecule has 0 radical (unpaired) electrons. The van der Waals surface area contributed by atoms with Crippen molar-refractivity contribution in [2.75, 3.05) is 27.7 Å². The molecule has 174 valence electrons. The predicted octanol–water partition coefficient (Wildman–Crippen LogP) is 3.52. The average Bonchev–Trinajstić information content (AvgIpc) is 3.09. The van der Waals surface area contributed by atoms with E-state index in [1.54, 1.807) is 55.6 Å². The molecule has 34 heavy (non-hydrogen) atoms. The topological polar surface area (TPSA) is 79.0 Å². The highest BCUT2D eigenvalue weighted by Gasteiger charge is 2.34. The molecule has 3 aromatic carbocycles. The number of benzene rings is 3. The molecule has 1 aliphatic rings. The van der Waals surface area contributed by atoms with E-state index in [4.69, 9.17) is 4.74 Å². The summed E-state index contributed by atoms with van der Waals surface area (Å²) in [6.07, 6.45) is 0. The molecule has 7 nitrogen and oxygen atoms in total. The summed E-state index contributed by atoms with van der Waals surface area (Å²) in [5, 5.41) is 2.99. The summed E-state index contributed by atoms with van der Waals surface area (Å²) in [5.41, 5.74) is 3.12. The summed E-state index contributed by atoms with van der Waals surface area (Å²) in [7, 11) is 5.54. The zero-order valence-electron chi connectivity index (χ0n) is 19.4. The van der Waals surface area contributed by atoms with Gasteiger partial charge in [0.1, 0.15) is 5.75 Å². The van der Waals surface area contributed by atoms with Gasteiger partial charge in [-0.1, -0.05) is 42.5 Å². The lowest BCUT2D eigenvalue weighted by Crippen LogP contribution is -2.34. The fourth-order valence-corrected chi connectivity index (χ4v) is 4.13. The number of ether oxygens (including phenoxy) is 1. The van der Waals surface area contributed by atoms with Crippen LogP contribution in [0.4, 0.5) is 0 Å². The second-order valence-corrected chi connectivity index (χ2v) is 8.37. The number of nitrogens with one attached hydrogen (secondary N) is 1. The zero-order chi connectivity index (χ0) is 24.2. The van der Waals surface area contributed by atoms with Crippen molar-refractivity contribution in [1.82, 2.24) is 15.1 Å². The zero-order valence-corrected chi connectivity index (χ0v) is 19.4. The van der Waals surface area contributed by atoms with Crippen molar-refractivity contribution in [1.29, 1.82) is 0 Å². The molecular weight excluding hydrogens is 430 g/mol. The van der Waals surface area contributed by atoms with E-state index in [1.165, 1.54) is 4.90 Å². The molecule has 7 heteroatoms. The molecule has 0 bridgehead atoms. The average molecular weight is 458 g/mol. The van der Waals surface area contributed by atoms with E-state index >= 15 is 0 Å². The van der Waals surface area contributed by atoms with Crippen LogP contribution in [0.5, 0.6) is 5.75 Å². The molecule has 3 amide bonds. The Hall–Kier alpha value is -3.97. The van der Waals surface area contributed by atoms with Crippen LogP contribution in [0.2, 0.25) is 0 Å². The van der Waals surface area contributed by atoms with Gasteiger partial charge in [0.25, 0.3) is 17.7 Å². The fourth-order valence-electron chi connectivity index (χ4n) is 4.13. The smallest absolute Gasteiger partial charge is 0.261 e. The first-order chi connectivity index (χ1) is 16.4. The van der Waals surface area contributed by atoms with E-state index in [0.29, 0.717) is 23.2 Å². The Morgan fingerprint density at radius 2 is 1.50 bits per heavy atom. The summed E-state index contributed by atoms with van der Waals surface area (Å²) in [4.78, 5) is 41.2. The van der Waals surface area contributed by atoms with Crippen LogP contribution in [0.3, 0.4) is 0 Å². The predicted molar refractivity (Wildman–Crippen MR) is 129 cm³/mol. The number of nitrogens with zero attached hydrogens (tertiary/aromatic N) is 2. The van der Waals surface area contributed by atoms with E-state index in [9.17, 15) is 14.4 Å². The van der Waals surface area contributed by atoms with Crippen molar-refractivity contribution in [3.63, 3.8) is 0 Å². The molecule has 4 rings (SSSR count). The molecule has 0 unspecified atom stereocenters. The van der Waals surface area contributed by atoms with Crippen LogP contribution in [0, 0.1) is 0 Å². The number of para-hydroxylation sites is 1. The van der Waals surface area contributed by atoms with Gasteiger partial charge >= 0.3 is 0 Å². The summed E-state index contributed by atoms with van der Waals surface area (Å²) in [6, 6.07) is 21.4. The van der Waals surface area contributed by atoms with Crippen LogP contribution in [0.25, 0.3) is 0 Å². The second kappa shape index (κ2) is 9.89. The SMILES string of the molecule is COc1ccccc1[C@H](CNC(=O)c1ccc(CN2C(=O)c3ccccc3C2=O)cc1)N(C)C. The molecule has 1 atom stereocenters. The van der Waals surface area contributed by atoms with Gasteiger partial charge in [-0.05, 0) is 50.0 Å². The van der Waals surface area contributed by atoms with Crippen molar-refractivity contribution in [3.05, 3.63) is 101 Å². The van der Waals surface area contributed by atoms with Gasteiger partial charge in [-0.2, -0.15) is 0 Å². The molecule has 0 aromatic heterocycles. The third kappa shape index (κ3) is 4.56. The lowest BCUT2D eigenvalue weighted by atomic mass is 10.0. The van der Waals surface area contributed by atoms with E-state index in [-0.39, 0.29) is 30.3 Å². The Labute approximate surface area is 198 Å². The quantitative estimate of drug-likeness (QED) is 0.524. The third-order valence-electron chi connectivity index (χ3n) is 6.01. The van der Waals surface area contributed by atoms with Crippen LogP contribution < -0.4 is 10.1 Å². The molecular formula is C27H27N3O4. The highest BCUT2D eigenvalue weighted by molar-refractivity contribution is 6.21. The molecule has 0 aliphatic carbocycles. The molecule has 0 spiro atoms. The van der Waals surface area contributed by atoms with Crippen molar-refractivity contribution >= 4 is 17.7 Å². The number of hydrogen-bond acceptors (Lipinski definition) is 5. The Bertz CT molecular complexity index is 1190. The minimum Gasteiger partial charge on any atom is -0.496 e. The lowest BCUT2D eigenvalue weighted by molar-refractivity contribution is 0.0641. The number of carbonyl (C=O) groups is 3. The van der Waals surface area contributed by atoms with Crippen LogP contribution in [0.15, 0.2) is 72.8 Å². The van der Waals surface area contributed by atoms with E-state index < -0.39 is 0 Å². The molecule has 1 N–H and O–H groups in total. The Kier molecular flexibility index (Phi) is 6.75. The summed E-state index contributed by atoms with van der Waals surface area (Å²) in [6.45, 7) is 0.563. The highest BCUT2D eigenvalue weighted by atomic mass is 16.5. The maximum Gasteiger partial charge on any atom is 0.261 e. The first kappa shape index (κ1) is 23.2. The Morgan fingerprint density at radius 1 is 0.912 bits per heavy atom. The third-order valence-corrected chi connectivity index (χ3v) is 6.01. The van der Waals surface area contributed by atoms with Gasteiger partial charge in [0, 0.05) is 17.7 Å². The van der Waals surface area contributed by atoms with Crippen LogP contribution in [0.1, 0.15) is 48.2 Å². The maximum absolute atomic E-state index is 12.8. The van der Waals surface area contributed by atoms with Gasteiger partial charge in [-0.15, -0.1) is 0 Å². The molecule has 0 saturated heterocycles. The molecule has 3 aromatic rings. The number of fused-ring (bicyclic) bond motifs is 1. The van der Waals surface area contributed by atoms with Crippen molar-refractivity contribution in [3.8, 4) is 5.75 Å². The highest BCUT2D eigenvalue weighted by Crippen LogP contribution is 2.27. The number of carbonyl (C=O) groups excluding carboxylic acids is 3. The van der Waals surface area contributed by atoms with Crippen LogP contribution in [-0.2, 0) is 6.54 Å². The molecule has 0 saturated carbocycles. The molecule has 1 aliphatic heterocycles. The first-order valence-corrected chi connectivity index (χ1v) is 11.0. The van der Waals surface area contributed by atoms with E-state index in [2.05, 4.69) is 5.32 Å². The van der Waals surface area contributed by atoms with Gasteiger partial charge in [0.05, 0.1) is 30.8 Å². The monoisotopic (exact) mass is 457 g/mol. The number of hydrogen-bond donors (Lipinski definition) is 1. The van der Waals surface area contributed by atoms with E-state index in [1.807, 2.05) is 43.3 Å². The summed E-state index contributed by atoms with van der Waals surface area (Å²) < 4.78 is 5.48. The Morgan fingerprint density at radius 3 is 2.09 bits per heavy atom. The molecule has 1 heterocycles. The van der Waals surface area contributed by atoms with Crippen molar-refractivity contribution < 1.29 is 19.1 Å². The van der Waals surface area contributed by atoms with Crippen molar-refractivity contribution in [2.24, 2.45) is 0 Å². The van der Waals surface area contributed by atoms with Gasteiger partial charge < -0.3 is 15.0 Å². The maximum atomic E-state index is 12.8. The number of likely N-dealkylation sites (N-methyl/N-ethyl adjacent to an activating group) is 1. The van der Waals surface area contributed by atoms with Gasteiger partial charge in [0.2, 0.25) is 0 Å². The van der Waals surface area contributed by atoms with E-state index in [0.717, 1.165) is 16.9 Å². The van der Waals surface area contributed by atoms with Crippen LogP contribution in [-0.4, -0.2) is 55.3 Å². The molecule has 0 fully saturated rings. The van der Waals surface area contributed by atoms with Gasteiger partial charge in [0.15, 0.2) is 0 Å². The summed E-state index contributed by atoms with van der Waals surface area (Å²) in [5.74, 6) is -0.0241. The number of amides is 3. The van der Waals surface area contributed by atoms with Gasteiger partial charge in [-0.25, -0.2) is 0 Å². The number of imide groups is 1. The fraction of sp³-hybridized carbons (Fsp3) is 0.222. The second-order valence-electron chi connectivity index (χ2n) is 8.37. The first-order valence-electron chi connectivity index (χ1n) is 11.0. The number of methoxy groups -OCH3 is 1. The largest absolute Gasteiger partial charge is 0.496 e. The van der Waals surface area contributed by atoms with Crippen molar-refractivity contribution in [2.45, 2.75) is 12.6 Å². The van der Waals surface area contributed by atoms with Gasteiger partial charge in [-0.3, -0.25) is 19.3 Å². The minimum atomic E-state index is -0.298. The normalized spacial score (nSPS) is 13.7.